The van der Waals surface area contributed by atoms with Crippen molar-refractivity contribution in [3.8, 4) is 0 Å². The van der Waals surface area contributed by atoms with Crippen LogP contribution < -0.4 is 0 Å². The van der Waals surface area contributed by atoms with Gasteiger partial charge in [0.05, 0.1) is 11.1 Å². The molecule has 2 aliphatic heterocycles. The van der Waals surface area contributed by atoms with E-state index in [1.54, 1.807) is 62.4 Å². The predicted octanol–water partition coefficient (Wildman–Crippen LogP) is 2.95. The summed E-state index contributed by atoms with van der Waals surface area (Å²) in [6.07, 6.45) is -2.81. The summed E-state index contributed by atoms with van der Waals surface area (Å²) in [5.74, 6) is -1.85. The third kappa shape index (κ3) is 4.32. The molecule has 4 rings (SSSR count). The zero-order valence-electron chi connectivity index (χ0n) is 16.1. The van der Waals surface area contributed by atoms with E-state index in [1.165, 1.54) is 0 Å². The number of hydrogen-bond acceptors (Lipinski definition) is 7. The molecule has 0 saturated carbocycles. The van der Waals surface area contributed by atoms with E-state index in [0.717, 1.165) is 0 Å². The first kappa shape index (κ1) is 19.6. The number of ether oxygens (including phenoxy) is 5. The standard InChI is InChI=1S/C22H22O7/c1-22(2)28-18-17(27-20(24)15-11-7-4-8-12-15)16(26-21(18)29-22)13-25-19(23)14-9-5-3-6-10-14/h3-12,16-18,21H,13H2,1-2H3/t16-,17+,18?,21+/m1/s1. The molecule has 2 saturated heterocycles. The van der Waals surface area contributed by atoms with Gasteiger partial charge in [-0.2, -0.15) is 0 Å². The van der Waals surface area contributed by atoms with Crippen molar-refractivity contribution in [2.45, 2.75) is 44.2 Å². The van der Waals surface area contributed by atoms with E-state index in [0.29, 0.717) is 11.1 Å². The SMILES string of the molecule is CC1(C)OC2[C@@H](O[C@H](COC(=O)c3ccccc3)[C@@H]2OC(=O)c2ccccc2)O1. The Bertz CT molecular complexity index is 865. The molecule has 1 unspecified atom stereocenters. The average Bonchev–Trinajstić information content (AvgIpc) is 3.19. The third-order valence-corrected chi connectivity index (χ3v) is 4.73. The van der Waals surface area contributed by atoms with Crippen LogP contribution in [0.2, 0.25) is 0 Å². The molecule has 0 amide bonds. The molecule has 2 aromatic carbocycles. The van der Waals surface area contributed by atoms with Crippen LogP contribution in [0.4, 0.5) is 0 Å². The summed E-state index contributed by atoms with van der Waals surface area (Å²) >= 11 is 0. The van der Waals surface area contributed by atoms with Gasteiger partial charge >= 0.3 is 11.9 Å². The predicted molar refractivity (Wildman–Crippen MR) is 101 cm³/mol. The van der Waals surface area contributed by atoms with Crippen LogP contribution in [-0.4, -0.2) is 48.9 Å². The highest BCUT2D eigenvalue weighted by molar-refractivity contribution is 5.90. The van der Waals surface area contributed by atoms with Gasteiger partial charge in [0.2, 0.25) is 0 Å². The van der Waals surface area contributed by atoms with Gasteiger partial charge in [-0.15, -0.1) is 0 Å². The molecular weight excluding hydrogens is 376 g/mol. The van der Waals surface area contributed by atoms with Crippen LogP contribution >= 0.6 is 0 Å². The maximum Gasteiger partial charge on any atom is 0.338 e. The molecule has 0 radical (unpaired) electrons. The van der Waals surface area contributed by atoms with Gasteiger partial charge in [-0.25, -0.2) is 9.59 Å². The fraction of sp³-hybridized carbons (Fsp3) is 0.364. The summed E-state index contributed by atoms with van der Waals surface area (Å²) in [4.78, 5) is 24.8. The quantitative estimate of drug-likeness (QED) is 0.717. The van der Waals surface area contributed by atoms with E-state index < -0.39 is 42.3 Å². The van der Waals surface area contributed by atoms with Crippen LogP contribution in [0.5, 0.6) is 0 Å². The topological polar surface area (TPSA) is 80.3 Å². The van der Waals surface area contributed by atoms with Gasteiger partial charge < -0.3 is 23.7 Å². The first-order chi connectivity index (χ1) is 13.9. The molecule has 2 aliphatic rings. The van der Waals surface area contributed by atoms with Gasteiger partial charge in [-0.05, 0) is 38.1 Å². The van der Waals surface area contributed by atoms with Crippen LogP contribution in [0, 0.1) is 0 Å². The Kier molecular flexibility index (Phi) is 5.36. The van der Waals surface area contributed by atoms with Crippen LogP contribution in [0.15, 0.2) is 60.7 Å². The Morgan fingerprint density at radius 2 is 1.48 bits per heavy atom. The monoisotopic (exact) mass is 398 g/mol. The summed E-state index contributed by atoms with van der Waals surface area (Å²) in [7, 11) is 0. The molecule has 0 aliphatic carbocycles. The molecule has 0 aromatic heterocycles. The number of benzene rings is 2. The second-order valence-corrected chi connectivity index (χ2v) is 7.34. The van der Waals surface area contributed by atoms with E-state index in [9.17, 15) is 9.59 Å². The number of carbonyl (C=O) groups excluding carboxylic acids is 2. The Hall–Kier alpha value is -2.74. The molecule has 152 valence electrons. The molecule has 7 heteroatoms. The van der Waals surface area contributed by atoms with Crippen molar-refractivity contribution in [3.05, 3.63) is 71.8 Å². The molecule has 0 bridgehead atoms. The summed E-state index contributed by atoms with van der Waals surface area (Å²) < 4.78 is 28.5. The van der Waals surface area contributed by atoms with Gasteiger partial charge in [-0.1, -0.05) is 36.4 Å². The Morgan fingerprint density at radius 3 is 2.10 bits per heavy atom. The van der Waals surface area contributed by atoms with Crippen molar-refractivity contribution >= 4 is 11.9 Å². The van der Waals surface area contributed by atoms with E-state index in [1.807, 2.05) is 12.1 Å². The minimum Gasteiger partial charge on any atom is -0.459 e. The molecule has 0 N–H and O–H groups in total. The number of rotatable bonds is 5. The first-order valence-electron chi connectivity index (χ1n) is 9.42. The summed E-state index contributed by atoms with van der Waals surface area (Å²) in [5, 5.41) is 0. The lowest BCUT2D eigenvalue weighted by Crippen LogP contribution is -2.40. The van der Waals surface area contributed by atoms with Gasteiger partial charge in [-0.3, -0.25) is 0 Å². The van der Waals surface area contributed by atoms with Crippen LogP contribution in [0.3, 0.4) is 0 Å². The fourth-order valence-corrected chi connectivity index (χ4v) is 3.40. The lowest BCUT2D eigenvalue weighted by molar-refractivity contribution is -0.218. The van der Waals surface area contributed by atoms with Crippen LogP contribution in [0.25, 0.3) is 0 Å². The smallest absolute Gasteiger partial charge is 0.338 e. The van der Waals surface area contributed by atoms with E-state index in [2.05, 4.69) is 0 Å². The average molecular weight is 398 g/mol. The molecule has 7 nitrogen and oxygen atoms in total. The second-order valence-electron chi connectivity index (χ2n) is 7.34. The lowest BCUT2D eigenvalue weighted by atomic mass is 10.1. The molecular formula is C22H22O7. The second kappa shape index (κ2) is 7.94. The zero-order chi connectivity index (χ0) is 20.4. The maximum atomic E-state index is 12.6. The van der Waals surface area contributed by atoms with Crippen molar-refractivity contribution in [2.75, 3.05) is 6.61 Å². The van der Waals surface area contributed by atoms with Crippen molar-refractivity contribution in [3.63, 3.8) is 0 Å². The number of esters is 2. The number of carbonyl (C=O) groups is 2. The van der Waals surface area contributed by atoms with Crippen molar-refractivity contribution in [1.82, 2.24) is 0 Å². The van der Waals surface area contributed by atoms with Gasteiger partial charge in [0, 0.05) is 0 Å². The fourth-order valence-electron chi connectivity index (χ4n) is 3.40. The third-order valence-electron chi connectivity index (χ3n) is 4.73. The zero-order valence-corrected chi connectivity index (χ0v) is 16.1. The molecule has 29 heavy (non-hydrogen) atoms. The van der Waals surface area contributed by atoms with Crippen molar-refractivity contribution in [1.29, 1.82) is 0 Å². The van der Waals surface area contributed by atoms with E-state index >= 15 is 0 Å². The molecule has 4 atom stereocenters. The van der Waals surface area contributed by atoms with Crippen molar-refractivity contribution in [2.24, 2.45) is 0 Å². The largest absolute Gasteiger partial charge is 0.459 e. The highest BCUT2D eigenvalue weighted by atomic mass is 16.8. The lowest BCUT2D eigenvalue weighted by Gasteiger charge is -2.25. The Labute approximate surface area is 168 Å². The highest BCUT2D eigenvalue weighted by Gasteiger charge is 2.56. The molecule has 0 spiro atoms. The minimum atomic E-state index is -0.863. The number of fused-ring (bicyclic) bond motifs is 1. The molecule has 2 aromatic rings. The van der Waals surface area contributed by atoms with Crippen LogP contribution in [0.1, 0.15) is 34.6 Å². The minimum absolute atomic E-state index is 0.0966. The summed E-state index contributed by atoms with van der Waals surface area (Å²) in [6, 6.07) is 17.3. The van der Waals surface area contributed by atoms with E-state index in [-0.39, 0.29) is 6.61 Å². The summed E-state index contributed by atoms with van der Waals surface area (Å²) in [5.41, 5.74) is 0.839. The maximum absolute atomic E-state index is 12.6. The highest BCUT2D eigenvalue weighted by Crippen LogP contribution is 2.39. The normalized spacial score (nSPS) is 27.2. The van der Waals surface area contributed by atoms with Crippen LogP contribution in [-0.2, 0) is 23.7 Å². The summed E-state index contributed by atoms with van der Waals surface area (Å²) in [6.45, 7) is 3.42. The Balaban J connectivity index is 1.46. The molecule has 2 fully saturated rings. The van der Waals surface area contributed by atoms with E-state index in [4.69, 9.17) is 23.7 Å². The molecule has 2 heterocycles. The van der Waals surface area contributed by atoms with Crippen molar-refractivity contribution < 1.29 is 33.3 Å². The van der Waals surface area contributed by atoms with Gasteiger partial charge in [0.25, 0.3) is 0 Å². The first-order valence-corrected chi connectivity index (χ1v) is 9.42. The van der Waals surface area contributed by atoms with Gasteiger partial charge in [0.1, 0.15) is 12.7 Å². The Morgan fingerprint density at radius 1 is 0.897 bits per heavy atom. The number of hydrogen-bond donors (Lipinski definition) is 0. The van der Waals surface area contributed by atoms with Gasteiger partial charge in [0.15, 0.2) is 24.3 Å².